The third-order valence-corrected chi connectivity index (χ3v) is 4.48. The molecule has 0 N–H and O–H groups in total. The number of hydrogen-bond donors (Lipinski definition) is 0. The van der Waals surface area contributed by atoms with Crippen LogP contribution in [0.1, 0.15) is 12.8 Å². The molecule has 4 rings (SSSR count). The summed E-state index contributed by atoms with van der Waals surface area (Å²) in [5.74, 6) is -0.0954. The van der Waals surface area contributed by atoms with Crippen molar-refractivity contribution in [2.24, 2.45) is 0 Å². The van der Waals surface area contributed by atoms with Crippen molar-refractivity contribution in [2.75, 3.05) is 0 Å². The molecule has 0 atom stereocenters. The lowest BCUT2D eigenvalue weighted by molar-refractivity contribution is -0.140. The molecular weight excluding hydrogens is 380 g/mol. The molecule has 2 aromatic heterocycles. The van der Waals surface area contributed by atoms with E-state index in [0.29, 0.717) is 11.5 Å². The van der Waals surface area contributed by atoms with E-state index in [1.165, 1.54) is 0 Å². The molecule has 0 amide bonds. The van der Waals surface area contributed by atoms with Gasteiger partial charge in [0.15, 0.2) is 0 Å². The Hall–Kier alpha value is -4.06. The molecule has 2 heterocycles. The van der Waals surface area contributed by atoms with E-state index in [1.54, 1.807) is 24.3 Å². The molecule has 6 heteroatoms. The van der Waals surface area contributed by atoms with Gasteiger partial charge in [-0.15, -0.1) is 0 Å². The summed E-state index contributed by atoms with van der Waals surface area (Å²) in [6, 6.07) is 22.0. The zero-order valence-corrected chi connectivity index (χ0v) is 16.2. The first-order valence-electron chi connectivity index (χ1n) is 9.55. The average molecular weight is 400 g/mol. The smallest absolute Gasteiger partial charge is 0.311 e. The van der Waals surface area contributed by atoms with Crippen molar-refractivity contribution >= 4 is 11.9 Å². The van der Waals surface area contributed by atoms with Crippen LogP contribution in [0, 0.1) is 0 Å². The number of esters is 2. The topological polar surface area (TPSA) is 62.5 Å². The third kappa shape index (κ3) is 4.86. The molecule has 6 nitrogen and oxygen atoms in total. The highest BCUT2D eigenvalue weighted by Crippen LogP contribution is 2.18. The Labute approximate surface area is 173 Å². The fourth-order valence-electron chi connectivity index (χ4n) is 2.96. The molecule has 0 aliphatic rings. The van der Waals surface area contributed by atoms with Crippen molar-refractivity contribution in [3.63, 3.8) is 0 Å². The summed E-state index contributed by atoms with van der Waals surface area (Å²) >= 11 is 0. The van der Waals surface area contributed by atoms with Gasteiger partial charge in [0.25, 0.3) is 0 Å². The summed E-state index contributed by atoms with van der Waals surface area (Å²) in [5.41, 5.74) is 1.93. The molecule has 0 radical (unpaired) electrons. The van der Waals surface area contributed by atoms with Crippen molar-refractivity contribution in [1.82, 2.24) is 9.13 Å². The van der Waals surface area contributed by atoms with Gasteiger partial charge < -0.3 is 18.6 Å². The van der Waals surface area contributed by atoms with Gasteiger partial charge in [-0.3, -0.25) is 9.59 Å². The minimum Gasteiger partial charge on any atom is -0.427 e. The fraction of sp³-hybridized carbons (Fsp3) is 0.0833. The van der Waals surface area contributed by atoms with Crippen LogP contribution in [0.2, 0.25) is 0 Å². The molecule has 0 bridgehead atoms. The van der Waals surface area contributed by atoms with Crippen LogP contribution in [0.4, 0.5) is 0 Å². The van der Waals surface area contributed by atoms with Crippen LogP contribution in [-0.2, 0) is 9.59 Å². The van der Waals surface area contributed by atoms with Crippen LogP contribution in [0.15, 0.2) is 97.6 Å². The lowest BCUT2D eigenvalue weighted by Gasteiger charge is -2.08. The lowest BCUT2D eigenvalue weighted by Crippen LogP contribution is -2.14. The number of benzene rings is 2. The molecular formula is C24H20N2O4. The van der Waals surface area contributed by atoms with Crippen molar-refractivity contribution in [2.45, 2.75) is 12.8 Å². The minimum atomic E-state index is -0.483. The number of aromatic nitrogens is 2. The second-order valence-corrected chi connectivity index (χ2v) is 6.62. The van der Waals surface area contributed by atoms with Crippen LogP contribution in [-0.4, -0.2) is 21.1 Å². The van der Waals surface area contributed by atoms with Crippen LogP contribution < -0.4 is 9.47 Å². The van der Waals surface area contributed by atoms with E-state index in [-0.39, 0.29) is 12.8 Å². The Morgan fingerprint density at radius 3 is 1.23 bits per heavy atom. The second-order valence-electron chi connectivity index (χ2n) is 6.62. The summed E-state index contributed by atoms with van der Waals surface area (Å²) in [6.07, 6.45) is 7.61. The van der Waals surface area contributed by atoms with Crippen molar-refractivity contribution in [3.05, 3.63) is 97.6 Å². The summed E-state index contributed by atoms with van der Waals surface area (Å²) in [5, 5.41) is 0. The van der Waals surface area contributed by atoms with Crippen LogP contribution >= 0.6 is 0 Å². The van der Waals surface area contributed by atoms with Gasteiger partial charge >= 0.3 is 11.9 Å². The normalized spacial score (nSPS) is 10.5. The first kappa shape index (κ1) is 19.3. The van der Waals surface area contributed by atoms with Crippen LogP contribution in [0.5, 0.6) is 11.5 Å². The Balaban J connectivity index is 1.24. The summed E-state index contributed by atoms with van der Waals surface area (Å²) in [6.45, 7) is 0. The van der Waals surface area contributed by atoms with Gasteiger partial charge in [0, 0.05) is 36.2 Å². The Kier molecular flexibility index (Phi) is 5.75. The van der Waals surface area contributed by atoms with Crippen LogP contribution in [0.25, 0.3) is 11.4 Å². The number of rotatable bonds is 7. The van der Waals surface area contributed by atoms with E-state index < -0.39 is 11.9 Å². The highest BCUT2D eigenvalue weighted by Gasteiger charge is 2.11. The van der Waals surface area contributed by atoms with Crippen molar-refractivity contribution in [3.8, 4) is 22.9 Å². The number of hydrogen-bond acceptors (Lipinski definition) is 4. The molecule has 0 spiro atoms. The summed E-state index contributed by atoms with van der Waals surface area (Å²) < 4.78 is 14.5. The molecule has 2 aromatic carbocycles. The minimum absolute atomic E-state index is 0.0559. The standard InChI is InChI=1S/C24H20N2O4/c27-23(29-21-9-5-19(6-10-21)25-15-1-2-16-25)13-14-24(28)30-22-11-7-20(8-12-22)26-17-3-4-18-26/h1-12,15-18H,13-14H2. The SMILES string of the molecule is O=C(CCC(=O)Oc1ccc(-n2cccc2)cc1)Oc1ccc(-n2cccc2)cc1. The average Bonchev–Trinajstić information content (AvgIpc) is 3.48. The number of nitrogens with zero attached hydrogens (tertiary/aromatic N) is 2. The Bertz CT molecular complexity index is 1010. The third-order valence-electron chi connectivity index (χ3n) is 4.48. The first-order chi connectivity index (χ1) is 14.7. The van der Waals surface area contributed by atoms with E-state index in [4.69, 9.17) is 9.47 Å². The molecule has 150 valence electrons. The van der Waals surface area contributed by atoms with Gasteiger partial charge in [-0.25, -0.2) is 0 Å². The largest absolute Gasteiger partial charge is 0.427 e. The maximum atomic E-state index is 12.0. The van der Waals surface area contributed by atoms with Gasteiger partial charge in [-0.2, -0.15) is 0 Å². The van der Waals surface area contributed by atoms with Gasteiger partial charge in [0.1, 0.15) is 11.5 Å². The molecule has 30 heavy (non-hydrogen) atoms. The molecule has 0 unspecified atom stereocenters. The van der Waals surface area contributed by atoms with Gasteiger partial charge in [0.05, 0.1) is 12.8 Å². The van der Waals surface area contributed by atoms with Gasteiger partial charge in [0.2, 0.25) is 0 Å². The number of ether oxygens (including phenoxy) is 2. The summed E-state index contributed by atoms with van der Waals surface area (Å²) in [4.78, 5) is 24.0. The number of carbonyl (C=O) groups excluding carboxylic acids is 2. The zero-order valence-electron chi connectivity index (χ0n) is 16.2. The predicted octanol–water partition coefficient (Wildman–Crippen LogP) is 4.56. The molecule has 0 fully saturated rings. The quantitative estimate of drug-likeness (QED) is 0.337. The molecule has 0 saturated heterocycles. The monoisotopic (exact) mass is 400 g/mol. The molecule has 0 saturated carbocycles. The van der Waals surface area contributed by atoms with E-state index >= 15 is 0 Å². The highest BCUT2D eigenvalue weighted by atomic mass is 16.5. The maximum absolute atomic E-state index is 12.0. The van der Waals surface area contributed by atoms with Gasteiger partial charge in [-0.1, -0.05) is 0 Å². The Morgan fingerprint density at radius 1 is 0.567 bits per heavy atom. The lowest BCUT2D eigenvalue weighted by atomic mass is 10.3. The number of carbonyl (C=O) groups is 2. The van der Waals surface area contributed by atoms with Crippen LogP contribution in [0.3, 0.4) is 0 Å². The van der Waals surface area contributed by atoms with Crippen molar-refractivity contribution in [1.29, 1.82) is 0 Å². The second kappa shape index (κ2) is 8.96. The molecule has 0 aliphatic carbocycles. The zero-order chi connectivity index (χ0) is 20.8. The highest BCUT2D eigenvalue weighted by molar-refractivity contribution is 5.80. The van der Waals surface area contributed by atoms with E-state index in [9.17, 15) is 9.59 Å². The van der Waals surface area contributed by atoms with Crippen molar-refractivity contribution < 1.29 is 19.1 Å². The Morgan fingerprint density at radius 2 is 0.900 bits per heavy atom. The van der Waals surface area contributed by atoms with E-state index in [0.717, 1.165) is 11.4 Å². The summed E-state index contributed by atoms with van der Waals surface area (Å²) in [7, 11) is 0. The molecule has 0 aliphatic heterocycles. The predicted molar refractivity (Wildman–Crippen MR) is 112 cm³/mol. The maximum Gasteiger partial charge on any atom is 0.311 e. The van der Waals surface area contributed by atoms with Gasteiger partial charge in [-0.05, 0) is 72.8 Å². The molecule has 4 aromatic rings. The van der Waals surface area contributed by atoms with E-state index in [2.05, 4.69) is 0 Å². The van der Waals surface area contributed by atoms with E-state index in [1.807, 2.05) is 82.5 Å². The first-order valence-corrected chi connectivity index (χ1v) is 9.55. The fourth-order valence-corrected chi connectivity index (χ4v) is 2.96.